The summed E-state index contributed by atoms with van der Waals surface area (Å²) in [6, 6.07) is 0. The Morgan fingerprint density at radius 3 is 2.94 bits per heavy atom. The van der Waals surface area contributed by atoms with Crippen molar-refractivity contribution in [2.75, 3.05) is 6.54 Å². The molecule has 0 bridgehead atoms. The summed E-state index contributed by atoms with van der Waals surface area (Å²) in [6.45, 7) is 9.70. The van der Waals surface area contributed by atoms with Gasteiger partial charge in [0.15, 0.2) is 0 Å². The Balaban J connectivity index is 1.74. The minimum Gasteiger partial charge on any atom is -0.310 e. The van der Waals surface area contributed by atoms with Crippen molar-refractivity contribution in [1.82, 2.24) is 20.1 Å². The molecule has 2 unspecified atom stereocenters. The number of rotatable bonds is 6. The van der Waals surface area contributed by atoms with E-state index >= 15 is 0 Å². The van der Waals surface area contributed by atoms with Crippen molar-refractivity contribution in [3.8, 4) is 0 Å². The molecule has 1 N–H and O–H groups in total. The van der Waals surface area contributed by atoms with E-state index in [2.05, 4.69) is 36.2 Å². The van der Waals surface area contributed by atoms with Crippen LogP contribution in [0, 0.1) is 17.8 Å². The van der Waals surface area contributed by atoms with Gasteiger partial charge in [-0.15, -0.1) is 0 Å². The first-order valence-electron chi connectivity index (χ1n) is 7.22. The van der Waals surface area contributed by atoms with Gasteiger partial charge >= 0.3 is 0 Å². The van der Waals surface area contributed by atoms with E-state index < -0.39 is 0 Å². The molecule has 2 rings (SSSR count). The summed E-state index contributed by atoms with van der Waals surface area (Å²) < 4.78 is 2.02. The Bertz CT molecular complexity index is 358. The molecule has 1 aliphatic carbocycles. The van der Waals surface area contributed by atoms with Gasteiger partial charge in [0, 0.05) is 6.54 Å². The third-order valence-electron chi connectivity index (χ3n) is 3.75. The maximum atomic E-state index is 4.34. The highest BCUT2D eigenvalue weighted by Gasteiger charge is 2.20. The fraction of sp³-hybridized carbons (Fsp3) is 0.857. The summed E-state index contributed by atoms with van der Waals surface area (Å²) in [5.41, 5.74) is 0. The number of nitrogens with one attached hydrogen (secondary N) is 1. The van der Waals surface area contributed by atoms with Gasteiger partial charge in [-0.2, -0.15) is 5.10 Å². The molecule has 1 heterocycles. The lowest BCUT2D eigenvalue weighted by Crippen LogP contribution is -2.23. The number of hydrogen-bond acceptors (Lipinski definition) is 3. The Morgan fingerprint density at radius 1 is 1.44 bits per heavy atom. The van der Waals surface area contributed by atoms with Gasteiger partial charge < -0.3 is 5.32 Å². The zero-order valence-electron chi connectivity index (χ0n) is 11.9. The van der Waals surface area contributed by atoms with Crippen LogP contribution in [-0.2, 0) is 13.1 Å². The van der Waals surface area contributed by atoms with E-state index in [4.69, 9.17) is 0 Å². The number of hydrogen-bond donors (Lipinski definition) is 1. The zero-order chi connectivity index (χ0) is 13.0. The van der Waals surface area contributed by atoms with Gasteiger partial charge in [0.05, 0.1) is 6.54 Å². The van der Waals surface area contributed by atoms with Gasteiger partial charge in [0.25, 0.3) is 0 Å². The predicted molar refractivity (Wildman–Crippen MR) is 73.1 cm³/mol. The SMILES string of the molecule is CC(C)Cn1ncnc1CNCC1CCC(C)C1. The maximum Gasteiger partial charge on any atom is 0.140 e. The number of nitrogens with zero attached hydrogens (tertiary/aromatic N) is 3. The smallest absolute Gasteiger partial charge is 0.140 e. The molecule has 1 aromatic rings. The molecule has 0 aliphatic heterocycles. The first kappa shape index (κ1) is 13.5. The van der Waals surface area contributed by atoms with E-state index in [0.717, 1.165) is 37.3 Å². The minimum absolute atomic E-state index is 0.612. The van der Waals surface area contributed by atoms with Crippen molar-refractivity contribution < 1.29 is 0 Å². The minimum atomic E-state index is 0.612. The second-order valence-electron chi connectivity index (χ2n) is 6.17. The third kappa shape index (κ3) is 3.80. The van der Waals surface area contributed by atoms with E-state index in [-0.39, 0.29) is 0 Å². The van der Waals surface area contributed by atoms with Crippen LogP contribution in [0.1, 0.15) is 45.9 Å². The second-order valence-corrected chi connectivity index (χ2v) is 6.17. The summed E-state index contributed by atoms with van der Waals surface area (Å²) in [5.74, 6) is 3.46. The lowest BCUT2D eigenvalue weighted by atomic mass is 10.1. The monoisotopic (exact) mass is 250 g/mol. The molecule has 0 aromatic carbocycles. The Labute approximate surface area is 110 Å². The molecule has 0 radical (unpaired) electrons. The average molecular weight is 250 g/mol. The molecular weight excluding hydrogens is 224 g/mol. The van der Waals surface area contributed by atoms with Crippen LogP contribution in [0.25, 0.3) is 0 Å². The van der Waals surface area contributed by atoms with Crippen LogP contribution < -0.4 is 5.32 Å². The van der Waals surface area contributed by atoms with E-state index in [1.807, 2.05) is 4.68 Å². The van der Waals surface area contributed by atoms with Crippen molar-refractivity contribution in [3.63, 3.8) is 0 Å². The molecule has 4 nitrogen and oxygen atoms in total. The lowest BCUT2D eigenvalue weighted by Gasteiger charge is -2.12. The molecule has 0 spiro atoms. The van der Waals surface area contributed by atoms with Crippen LogP contribution in [0.2, 0.25) is 0 Å². The van der Waals surface area contributed by atoms with Crippen LogP contribution >= 0.6 is 0 Å². The molecule has 0 saturated heterocycles. The molecule has 0 amide bonds. The van der Waals surface area contributed by atoms with Gasteiger partial charge in [0.1, 0.15) is 12.2 Å². The van der Waals surface area contributed by atoms with Gasteiger partial charge in [-0.25, -0.2) is 9.67 Å². The largest absolute Gasteiger partial charge is 0.310 e. The molecule has 2 atom stereocenters. The normalized spacial score (nSPS) is 24.0. The van der Waals surface area contributed by atoms with Crippen LogP contribution in [0.15, 0.2) is 6.33 Å². The molecule has 4 heteroatoms. The highest BCUT2D eigenvalue weighted by atomic mass is 15.3. The Hall–Kier alpha value is -0.900. The zero-order valence-corrected chi connectivity index (χ0v) is 11.9. The number of aromatic nitrogens is 3. The molecule has 102 valence electrons. The Morgan fingerprint density at radius 2 is 2.28 bits per heavy atom. The molecule has 1 aromatic heterocycles. The lowest BCUT2D eigenvalue weighted by molar-refractivity contribution is 0.436. The topological polar surface area (TPSA) is 42.7 Å². The van der Waals surface area contributed by atoms with Crippen molar-refractivity contribution >= 4 is 0 Å². The van der Waals surface area contributed by atoms with Crippen LogP contribution in [0.4, 0.5) is 0 Å². The van der Waals surface area contributed by atoms with Crippen LogP contribution in [-0.4, -0.2) is 21.3 Å². The fourth-order valence-electron chi connectivity index (χ4n) is 2.82. The second kappa shape index (κ2) is 6.32. The van der Waals surface area contributed by atoms with Crippen molar-refractivity contribution in [2.24, 2.45) is 17.8 Å². The molecular formula is C14H26N4. The average Bonchev–Trinajstić information content (AvgIpc) is 2.88. The van der Waals surface area contributed by atoms with Crippen molar-refractivity contribution in [3.05, 3.63) is 12.2 Å². The first-order chi connectivity index (χ1) is 8.65. The summed E-state index contributed by atoms with van der Waals surface area (Å²) in [7, 11) is 0. The predicted octanol–water partition coefficient (Wildman–Crippen LogP) is 2.46. The summed E-state index contributed by atoms with van der Waals surface area (Å²) >= 11 is 0. The highest BCUT2D eigenvalue weighted by Crippen LogP contribution is 2.29. The van der Waals surface area contributed by atoms with Gasteiger partial charge in [-0.3, -0.25) is 0 Å². The van der Waals surface area contributed by atoms with Gasteiger partial charge in [-0.1, -0.05) is 27.2 Å². The maximum absolute atomic E-state index is 4.34. The standard InChI is InChI=1S/C14H26N4/c1-11(2)9-18-14(16-10-17-18)8-15-7-13-5-4-12(3)6-13/h10-13,15H,4-9H2,1-3H3. The van der Waals surface area contributed by atoms with Crippen molar-refractivity contribution in [1.29, 1.82) is 0 Å². The van der Waals surface area contributed by atoms with Crippen LogP contribution in [0.5, 0.6) is 0 Å². The van der Waals surface area contributed by atoms with E-state index in [1.165, 1.54) is 19.3 Å². The summed E-state index contributed by atoms with van der Waals surface area (Å²) in [5, 5.41) is 7.82. The molecule has 1 saturated carbocycles. The summed E-state index contributed by atoms with van der Waals surface area (Å²) in [4.78, 5) is 4.34. The summed E-state index contributed by atoms with van der Waals surface area (Å²) in [6.07, 6.45) is 5.82. The third-order valence-corrected chi connectivity index (χ3v) is 3.75. The van der Waals surface area contributed by atoms with Gasteiger partial charge in [-0.05, 0) is 37.1 Å². The van der Waals surface area contributed by atoms with Crippen LogP contribution in [0.3, 0.4) is 0 Å². The van der Waals surface area contributed by atoms with Gasteiger partial charge in [0.2, 0.25) is 0 Å². The Kier molecular flexibility index (Phi) is 4.75. The molecule has 18 heavy (non-hydrogen) atoms. The van der Waals surface area contributed by atoms with E-state index in [9.17, 15) is 0 Å². The first-order valence-corrected chi connectivity index (χ1v) is 7.22. The van der Waals surface area contributed by atoms with E-state index in [0.29, 0.717) is 5.92 Å². The molecule has 1 fully saturated rings. The molecule has 1 aliphatic rings. The highest BCUT2D eigenvalue weighted by molar-refractivity contribution is 4.85. The van der Waals surface area contributed by atoms with Crippen molar-refractivity contribution in [2.45, 2.75) is 53.1 Å². The van der Waals surface area contributed by atoms with E-state index in [1.54, 1.807) is 6.33 Å². The fourth-order valence-corrected chi connectivity index (χ4v) is 2.82. The quantitative estimate of drug-likeness (QED) is 0.843.